The molecule has 0 atom stereocenters. The van der Waals surface area contributed by atoms with Gasteiger partial charge >= 0.3 is 0 Å². The molecule has 1 heterocycles. The van der Waals surface area contributed by atoms with Gasteiger partial charge in [-0.1, -0.05) is 11.8 Å². The number of hydrogen-bond acceptors (Lipinski definition) is 4. The Kier molecular flexibility index (Phi) is 3.32. The molecule has 1 rings (SSSR count). The maximum absolute atomic E-state index is 4.87. The largest absolute Gasteiger partial charge is 0.374 e. The van der Waals surface area contributed by atoms with Crippen molar-refractivity contribution in [3.63, 3.8) is 0 Å². The van der Waals surface area contributed by atoms with Crippen LogP contribution in [0.3, 0.4) is 0 Å². The monoisotopic (exact) mass is 170 g/mol. The van der Waals surface area contributed by atoms with Crippen molar-refractivity contribution in [1.82, 2.24) is 9.97 Å². The molecule has 0 aliphatic heterocycles. The number of thioether (sulfide) groups is 1. The zero-order valence-electron chi connectivity index (χ0n) is 6.57. The molecule has 0 aliphatic rings. The van der Waals surface area contributed by atoms with Gasteiger partial charge in [0.15, 0.2) is 5.16 Å². The van der Waals surface area contributed by atoms with E-state index in [1.54, 1.807) is 13.3 Å². The van der Waals surface area contributed by atoms with Crippen molar-refractivity contribution in [3.8, 4) is 0 Å². The van der Waals surface area contributed by atoms with Gasteiger partial charge in [0.1, 0.15) is 0 Å². The summed E-state index contributed by atoms with van der Waals surface area (Å²) in [6.07, 6.45) is 1.75. The second-order valence-electron chi connectivity index (χ2n) is 2.03. The zero-order valence-corrected chi connectivity index (χ0v) is 7.39. The fourth-order valence-corrected chi connectivity index (χ4v) is 1.17. The Labute approximate surface area is 70.2 Å². The van der Waals surface area contributed by atoms with Crippen molar-refractivity contribution < 1.29 is 4.74 Å². The van der Waals surface area contributed by atoms with Gasteiger partial charge in [0, 0.05) is 19.0 Å². The van der Waals surface area contributed by atoms with Gasteiger partial charge in [0.05, 0.1) is 5.94 Å². The van der Waals surface area contributed by atoms with Gasteiger partial charge in [0.2, 0.25) is 0 Å². The molecule has 0 spiro atoms. The van der Waals surface area contributed by atoms with E-state index in [0.29, 0.717) is 5.94 Å². The molecule has 4 heteroatoms. The first-order chi connectivity index (χ1) is 5.33. The molecular formula is C7H10N2OS. The van der Waals surface area contributed by atoms with Gasteiger partial charge in [-0.05, 0) is 13.0 Å². The number of aromatic nitrogens is 2. The lowest BCUT2D eigenvalue weighted by Crippen LogP contribution is -1.90. The van der Waals surface area contributed by atoms with E-state index in [9.17, 15) is 0 Å². The summed E-state index contributed by atoms with van der Waals surface area (Å²) in [6.45, 7) is 1.94. The van der Waals surface area contributed by atoms with E-state index >= 15 is 0 Å². The predicted molar refractivity (Wildman–Crippen MR) is 44.5 cm³/mol. The quantitative estimate of drug-likeness (QED) is 0.391. The highest BCUT2D eigenvalue weighted by Gasteiger charge is 1.94. The Morgan fingerprint density at radius 2 is 2.45 bits per heavy atom. The van der Waals surface area contributed by atoms with Crippen LogP contribution < -0.4 is 0 Å². The SMILES string of the molecule is COCSc1nccc(C)n1. The Morgan fingerprint density at radius 1 is 1.64 bits per heavy atom. The lowest BCUT2D eigenvalue weighted by atomic mass is 10.5. The molecule has 0 radical (unpaired) electrons. The molecule has 0 aromatic carbocycles. The molecule has 3 nitrogen and oxygen atoms in total. The highest BCUT2D eigenvalue weighted by Crippen LogP contribution is 2.11. The van der Waals surface area contributed by atoms with E-state index in [-0.39, 0.29) is 0 Å². The van der Waals surface area contributed by atoms with Crippen LogP contribution in [0.15, 0.2) is 17.4 Å². The molecule has 1 aromatic rings. The number of nitrogens with zero attached hydrogens (tertiary/aromatic N) is 2. The van der Waals surface area contributed by atoms with E-state index in [1.807, 2.05) is 13.0 Å². The summed E-state index contributed by atoms with van der Waals surface area (Å²) in [5.41, 5.74) is 0.985. The Hall–Kier alpha value is -0.610. The fraction of sp³-hybridized carbons (Fsp3) is 0.429. The molecule has 0 bridgehead atoms. The molecule has 0 saturated heterocycles. The first kappa shape index (κ1) is 8.49. The highest BCUT2D eigenvalue weighted by atomic mass is 32.2. The molecule has 0 aliphatic carbocycles. The Morgan fingerprint density at radius 3 is 3.09 bits per heavy atom. The van der Waals surface area contributed by atoms with Crippen molar-refractivity contribution in [1.29, 1.82) is 0 Å². The number of rotatable bonds is 3. The van der Waals surface area contributed by atoms with Gasteiger partial charge in [-0.25, -0.2) is 9.97 Å². The van der Waals surface area contributed by atoms with Crippen molar-refractivity contribution in [2.24, 2.45) is 0 Å². The van der Waals surface area contributed by atoms with Crippen LogP contribution in [0.5, 0.6) is 0 Å². The first-order valence-electron chi connectivity index (χ1n) is 3.24. The summed E-state index contributed by atoms with van der Waals surface area (Å²) in [7, 11) is 1.66. The molecule has 0 unspecified atom stereocenters. The van der Waals surface area contributed by atoms with Crippen LogP contribution in [0.1, 0.15) is 5.69 Å². The molecule has 0 amide bonds. The molecule has 60 valence electrons. The van der Waals surface area contributed by atoms with E-state index in [1.165, 1.54) is 11.8 Å². The van der Waals surface area contributed by atoms with Crippen LogP contribution in [0.2, 0.25) is 0 Å². The molecule has 11 heavy (non-hydrogen) atoms. The van der Waals surface area contributed by atoms with Gasteiger partial charge in [0.25, 0.3) is 0 Å². The summed E-state index contributed by atoms with van der Waals surface area (Å²) in [5.74, 6) is 0.601. The summed E-state index contributed by atoms with van der Waals surface area (Å²) >= 11 is 1.49. The lowest BCUT2D eigenvalue weighted by molar-refractivity contribution is 0.258. The topological polar surface area (TPSA) is 35.0 Å². The highest BCUT2D eigenvalue weighted by molar-refractivity contribution is 7.99. The second kappa shape index (κ2) is 4.31. The third-order valence-corrected chi connectivity index (χ3v) is 1.89. The minimum Gasteiger partial charge on any atom is -0.374 e. The van der Waals surface area contributed by atoms with Gasteiger partial charge in [-0.3, -0.25) is 0 Å². The summed E-state index contributed by atoms with van der Waals surface area (Å²) < 4.78 is 4.87. The fourth-order valence-electron chi connectivity index (χ4n) is 0.607. The Bertz CT molecular complexity index is 229. The van der Waals surface area contributed by atoms with Crippen molar-refractivity contribution in [2.45, 2.75) is 12.1 Å². The predicted octanol–water partition coefficient (Wildman–Crippen LogP) is 1.48. The van der Waals surface area contributed by atoms with Crippen LogP contribution >= 0.6 is 11.8 Å². The summed E-state index contributed by atoms with van der Waals surface area (Å²) in [5, 5.41) is 0.770. The maximum Gasteiger partial charge on any atom is 0.189 e. The summed E-state index contributed by atoms with van der Waals surface area (Å²) in [6, 6.07) is 1.87. The number of methoxy groups -OCH3 is 1. The van der Waals surface area contributed by atoms with Crippen molar-refractivity contribution >= 4 is 11.8 Å². The van der Waals surface area contributed by atoms with E-state index in [2.05, 4.69) is 9.97 Å². The summed E-state index contributed by atoms with van der Waals surface area (Å²) in [4.78, 5) is 8.23. The number of hydrogen-bond donors (Lipinski definition) is 0. The van der Waals surface area contributed by atoms with Crippen LogP contribution in [0.4, 0.5) is 0 Å². The molecule has 1 aromatic heterocycles. The van der Waals surface area contributed by atoms with Gasteiger partial charge < -0.3 is 4.74 Å². The lowest BCUT2D eigenvalue weighted by Gasteiger charge is -1.97. The molecule has 0 N–H and O–H groups in total. The molecular weight excluding hydrogens is 160 g/mol. The minimum absolute atomic E-state index is 0.601. The van der Waals surface area contributed by atoms with E-state index in [4.69, 9.17) is 4.74 Å². The maximum atomic E-state index is 4.87. The van der Waals surface area contributed by atoms with E-state index in [0.717, 1.165) is 10.9 Å². The average Bonchev–Trinajstić information content (AvgIpc) is 2.01. The molecule has 0 saturated carbocycles. The standard InChI is InChI=1S/C7H10N2OS/c1-6-3-4-8-7(9-6)11-5-10-2/h3-4H,5H2,1-2H3. The normalized spacial score (nSPS) is 10.0. The second-order valence-corrected chi connectivity index (χ2v) is 2.92. The third-order valence-electron chi connectivity index (χ3n) is 1.08. The van der Waals surface area contributed by atoms with Crippen LogP contribution in [0, 0.1) is 6.92 Å². The van der Waals surface area contributed by atoms with Crippen LogP contribution in [-0.4, -0.2) is 23.0 Å². The number of aryl methyl sites for hydroxylation is 1. The average molecular weight is 170 g/mol. The van der Waals surface area contributed by atoms with Gasteiger partial charge in [-0.15, -0.1) is 0 Å². The zero-order chi connectivity index (χ0) is 8.10. The van der Waals surface area contributed by atoms with Crippen LogP contribution in [0.25, 0.3) is 0 Å². The van der Waals surface area contributed by atoms with Crippen LogP contribution in [-0.2, 0) is 4.74 Å². The van der Waals surface area contributed by atoms with Crippen molar-refractivity contribution in [2.75, 3.05) is 13.0 Å². The molecule has 0 fully saturated rings. The minimum atomic E-state index is 0.601. The third kappa shape index (κ3) is 2.86. The van der Waals surface area contributed by atoms with Gasteiger partial charge in [-0.2, -0.15) is 0 Å². The smallest absolute Gasteiger partial charge is 0.189 e. The van der Waals surface area contributed by atoms with E-state index < -0.39 is 0 Å². The number of ether oxygens (including phenoxy) is 1. The Balaban J connectivity index is 2.56. The first-order valence-corrected chi connectivity index (χ1v) is 4.23. The van der Waals surface area contributed by atoms with Crippen molar-refractivity contribution in [3.05, 3.63) is 18.0 Å².